The van der Waals surface area contributed by atoms with Gasteiger partial charge in [-0.05, 0) is 36.5 Å². The number of nitrogens with one attached hydrogen (secondary N) is 2. The van der Waals surface area contributed by atoms with Crippen molar-refractivity contribution in [2.24, 2.45) is 5.92 Å². The molecule has 6 nitrogen and oxygen atoms in total. The number of carbonyl (C=O) groups is 1. The highest BCUT2D eigenvalue weighted by molar-refractivity contribution is 7.89. The van der Waals surface area contributed by atoms with Crippen molar-refractivity contribution in [3.63, 3.8) is 0 Å². The third-order valence-electron chi connectivity index (χ3n) is 3.55. The molecule has 1 fully saturated rings. The number of carbonyl (C=O) groups excluding carboxylic acids is 1. The molecular formula is C14H20N2O4S. The minimum absolute atomic E-state index is 0.129. The van der Waals surface area contributed by atoms with E-state index >= 15 is 0 Å². The van der Waals surface area contributed by atoms with Crippen LogP contribution in [0.5, 0.6) is 0 Å². The van der Waals surface area contributed by atoms with Gasteiger partial charge in [0.2, 0.25) is 15.9 Å². The van der Waals surface area contributed by atoms with E-state index in [9.17, 15) is 18.3 Å². The van der Waals surface area contributed by atoms with Crippen LogP contribution in [0.25, 0.3) is 0 Å². The van der Waals surface area contributed by atoms with E-state index in [2.05, 4.69) is 10.0 Å². The average molecular weight is 312 g/mol. The summed E-state index contributed by atoms with van der Waals surface area (Å²) in [7, 11) is -3.52. The molecule has 3 N–H and O–H groups in total. The van der Waals surface area contributed by atoms with Crippen LogP contribution < -0.4 is 10.0 Å². The van der Waals surface area contributed by atoms with Gasteiger partial charge in [-0.15, -0.1) is 0 Å². The maximum Gasteiger partial charge on any atom is 0.240 e. The maximum atomic E-state index is 12.1. The van der Waals surface area contributed by atoms with Crippen molar-refractivity contribution in [2.45, 2.75) is 37.3 Å². The van der Waals surface area contributed by atoms with Crippen LogP contribution in [-0.2, 0) is 21.4 Å². The summed E-state index contributed by atoms with van der Waals surface area (Å²) in [6.45, 7) is 2.16. The molecule has 1 aromatic rings. The van der Waals surface area contributed by atoms with Gasteiger partial charge in [-0.3, -0.25) is 4.79 Å². The van der Waals surface area contributed by atoms with Gasteiger partial charge in [0.15, 0.2) is 0 Å². The molecule has 1 aliphatic carbocycles. The molecule has 0 aromatic heterocycles. The van der Waals surface area contributed by atoms with Gasteiger partial charge in [0.05, 0.1) is 11.0 Å². The molecule has 0 bridgehead atoms. The van der Waals surface area contributed by atoms with E-state index in [-0.39, 0.29) is 22.8 Å². The minimum atomic E-state index is -3.52. The van der Waals surface area contributed by atoms with Gasteiger partial charge < -0.3 is 10.4 Å². The topological polar surface area (TPSA) is 95.5 Å². The van der Waals surface area contributed by atoms with Gasteiger partial charge in [-0.2, -0.15) is 0 Å². The maximum absolute atomic E-state index is 12.1. The Morgan fingerprint density at radius 1 is 1.29 bits per heavy atom. The van der Waals surface area contributed by atoms with E-state index in [1.165, 1.54) is 19.1 Å². The second-order valence-electron chi connectivity index (χ2n) is 5.40. The number of hydrogen-bond acceptors (Lipinski definition) is 4. The number of benzene rings is 1. The molecule has 1 saturated carbocycles. The van der Waals surface area contributed by atoms with E-state index in [1.807, 2.05) is 0 Å². The summed E-state index contributed by atoms with van der Waals surface area (Å²) >= 11 is 0. The van der Waals surface area contributed by atoms with Gasteiger partial charge in [0.1, 0.15) is 0 Å². The van der Waals surface area contributed by atoms with Crippen molar-refractivity contribution in [1.29, 1.82) is 0 Å². The first-order valence-corrected chi connectivity index (χ1v) is 8.36. The molecule has 0 saturated heterocycles. The van der Waals surface area contributed by atoms with Crippen molar-refractivity contribution in [3.05, 3.63) is 29.8 Å². The highest BCUT2D eigenvalue weighted by Gasteiger charge is 2.28. The zero-order chi connectivity index (χ0) is 15.5. The molecule has 0 spiro atoms. The molecule has 1 aromatic carbocycles. The summed E-state index contributed by atoms with van der Waals surface area (Å²) in [6, 6.07) is 6.40. The SMILES string of the molecule is CC(=O)NCc1ccc(S(=O)(=O)NCC2CC(O)C2)cc1. The third-order valence-corrected chi connectivity index (χ3v) is 4.99. The Balaban J connectivity index is 1.91. The standard InChI is InChI=1S/C14H20N2O4S/c1-10(17)15-8-11-2-4-14(5-3-11)21(19,20)16-9-12-6-13(18)7-12/h2-5,12-13,16,18H,6-9H2,1H3,(H,15,17). The fourth-order valence-corrected chi connectivity index (χ4v) is 3.31. The Kier molecular flexibility index (Phi) is 4.97. The molecular weight excluding hydrogens is 292 g/mol. The summed E-state index contributed by atoms with van der Waals surface area (Å²) in [5, 5.41) is 11.8. The number of aliphatic hydroxyl groups is 1. The predicted octanol–water partition coefficient (Wildman–Crippen LogP) is 0.372. The summed E-state index contributed by atoms with van der Waals surface area (Å²) in [4.78, 5) is 11.0. The Morgan fingerprint density at radius 3 is 2.43 bits per heavy atom. The third kappa shape index (κ3) is 4.52. The van der Waals surface area contributed by atoms with Gasteiger partial charge in [0.25, 0.3) is 0 Å². The van der Waals surface area contributed by atoms with Gasteiger partial charge in [-0.25, -0.2) is 13.1 Å². The second-order valence-corrected chi connectivity index (χ2v) is 7.16. The van der Waals surface area contributed by atoms with E-state index in [4.69, 9.17) is 0 Å². The normalized spacial score (nSPS) is 21.6. The zero-order valence-corrected chi connectivity index (χ0v) is 12.7. The molecule has 0 atom stereocenters. The highest BCUT2D eigenvalue weighted by atomic mass is 32.2. The van der Waals surface area contributed by atoms with E-state index in [1.54, 1.807) is 12.1 Å². The Morgan fingerprint density at radius 2 is 1.90 bits per heavy atom. The van der Waals surface area contributed by atoms with Crippen LogP contribution in [-0.4, -0.2) is 32.1 Å². The largest absolute Gasteiger partial charge is 0.393 e. The molecule has 0 radical (unpaired) electrons. The second kappa shape index (κ2) is 6.55. The van der Waals surface area contributed by atoms with Crippen LogP contribution in [0.1, 0.15) is 25.3 Å². The van der Waals surface area contributed by atoms with Gasteiger partial charge >= 0.3 is 0 Å². The summed E-state index contributed by atoms with van der Waals surface area (Å²) in [6.07, 6.45) is 1.02. The Bertz CT molecular complexity index is 592. The zero-order valence-electron chi connectivity index (χ0n) is 11.9. The fraction of sp³-hybridized carbons (Fsp3) is 0.500. The molecule has 0 unspecified atom stereocenters. The lowest BCUT2D eigenvalue weighted by Crippen LogP contribution is -2.38. The lowest BCUT2D eigenvalue weighted by molar-refractivity contribution is -0.119. The van der Waals surface area contributed by atoms with E-state index in [0.717, 1.165) is 5.56 Å². The lowest BCUT2D eigenvalue weighted by atomic mass is 9.83. The lowest BCUT2D eigenvalue weighted by Gasteiger charge is -2.31. The van der Waals surface area contributed by atoms with Crippen LogP contribution in [0, 0.1) is 5.92 Å². The van der Waals surface area contributed by atoms with Crippen LogP contribution in [0.15, 0.2) is 29.2 Å². The molecule has 2 rings (SSSR count). The number of hydrogen-bond donors (Lipinski definition) is 3. The summed E-state index contributed by atoms with van der Waals surface area (Å²) in [5.74, 6) is 0.0878. The molecule has 1 amide bonds. The monoisotopic (exact) mass is 312 g/mol. The first-order valence-electron chi connectivity index (χ1n) is 6.88. The number of sulfonamides is 1. The van der Waals surface area contributed by atoms with Crippen molar-refractivity contribution in [2.75, 3.05) is 6.54 Å². The average Bonchev–Trinajstić information content (AvgIpc) is 2.40. The Hall–Kier alpha value is -1.44. The molecule has 0 heterocycles. The molecule has 21 heavy (non-hydrogen) atoms. The summed E-state index contributed by atoms with van der Waals surface area (Å²) < 4.78 is 26.7. The fourth-order valence-electron chi connectivity index (χ4n) is 2.19. The van der Waals surface area contributed by atoms with E-state index in [0.29, 0.717) is 25.9 Å². The van der Waals surface area contributed by atoms with Crippen LogP contribution in [0.3, 0.4) is 0 Å². The van der Waals surface area contributed by atoms with Gasteiger partial charge in [-0.1, -0.05) is 12.1 Å². The van der Waals surface area contributed by atoms with Crippen molar-refractivity contribution >= 4 is 15.9 Å². The quantitative estimate of drug-likeness (QED) is 0.707. The van der Waals surface area contributed by atoms with E-state index < -0.39 is 10.0 Å². The molecule has 116 valence electrons. The smallest absolute Gasteiger partial charge is 0.240 e. The highest BCUT2D eigenvalue weighted by Crippen LogP contribution is 2.26. The van der Waals surface area contributed by atoms with Crippen LogP contribution >= 0.6 is 0 Å². The van der Waals surface area contributed by atoms with Crippen molar-refractivity contribution in [1.82, 2.24) is 10.0 Å². The molecule has 7 heteroatoms. The molecule has 0 aliphatic heterocycles. The number of aliphatic hydroxyl groups excluding tert-OH is 1. The first kappa shape index (κ1) is 15.9. The Labute approximate surface area is 124 Å². The number of rotatable bonds is 6. The van der Waals surface area contributed by atoms with Crippen molar-refractivity contribution < 1.29 is 18.3 Å². The summed E-state index contributed by atoms with van der Waals surface area (Å²) in [5.41, 5.74) is 0.839. The predicted molar refractivity (Wildman–Crippen MR) is 77.9 cm³/mol. The van der Waals surface area contributed by atoms with Crippen LogP contribution in [0.2, 0.25) is 0 Å². The van der Waals surface area contributed by atoms with Crippen LogP contribution in [0.4, 0.5) is 0 Å². The number of amides is 1. The molecule has 1 aliphatic rings. The van der Waals surface area contributed by atoms with Crippen molar-refractivity contribution in [3.8, 4) is 0 Å². The first-order chi connectivity index (χ1) is 9.87. The van der Waals surface area contributed by atoms with Gasteiger partial charge in [0, 0.05) is 20.0 Å². The minimum Gasteiger partial charge on any atom is -0.393 e.